The number of carbonyl (C=O) groups is 1. The molecule has 2 N–H and O–H groups in total. The van der Waals surface area contributed by atoms with E-state index in [2.05, 4.69) is 22.0 Å². The molecule has 0 aromatic carbocycles. The molecule has 2 unspecified atom stereocenters. The number of hydrogen-bond acceptors (Lipinski definition) is 3. The second-order valence-electron chi connectivity index (χ2n) is 4.31. The van der Waals surface area contributed by atoms with Gasteiger partial charge in [0.05, 0.1) is 6.04 Å². The summed E-state index contributed by atoms with van der Waals surface area (Å²) in [7, 11) is 1.85. The SMILES string of the molecule is CC(CN)N1CC(c2cc(Br)cs2)N(C)C1=O. The van der Waals surface area contributed by atoms with Crippen LogP contribution in [0.1, 0.15) is 17.8 Å². The predicted molar refractivity (Wildman–Crippen MR) is 73.1 cm³/mol. The van der Waals surface area contributed by atoms with Gasteiger partial charge in [-0.05, 0) is 28.9 Å². The molecular weight excluding hydrogens is 302 g/mol. The van der Waals surface area contributed by atoms with Crippen molar-refractivity contribution in [1.82, 2.24) is 9.80 Å². The molecule has 94 valence electrons. The summed E-state index contributed by atoms with van der Waals surface area (Å²) in [4.78, 5) is 16.9. The Hall–Kier alpha value is -0.590. The average Bonchev–Trinajstić information content (AvgIpc) is 2.85. The summed E-state index contributed by atoms with van der Waals surface area (Å²) in [5.74, 6) is 0. The van der Waals surface area contributed by atoms with Crippen LogP contribution in [0.2, 0.25) is 0 Å². The molecule has 2 amide bonds. The summed E-state index contributed by atoms with van der Waals surface area (Å²) >= 11 is 5.12. The first-order chi connectivity index (χ1) is 8.04. The number of likely N-dealkylation sites (N-methyl/N-ethyl adjacent to an activating group) is 1. The maximum Gasteiger partial charge on any atom is 0.320 e. The molecule has 0 spiro atoms. The molecule has 1 aromatic heterocycles. The minimum atomic E-state index is 0.0671. The first-order valence-corrected chi connectivity index (χ1v) is 7.19. The summed E-state index contributed by atoms with van der Waals surface area (Å²) in [6, 6.07) is 2.39. The van der Waals surface area contributed by atoms with Gasteiger partial charge in [0.25, 0.3) is 0 Å². The van der Waals surface area contributed by atoms with Crippen molar-refractivity contribution in [3.05, 3.63) is 20.8 Å². The Morgan fingerprint density at radius 1 is 1.71 bits per heavy atom. The van der Waals surface area contributed by atoms with E-state index in [1.807, 2.05) is 24.3 Å². The topological polar surface area (TPSA) is 49.6 Å². The van der Waals surface area contributed by atoms with E-state index in [0.29, 0.717) is 6.54 Å². The molecule has 2 atom stereocenters. The predicted octanol–water partition coefficient (Wildman–Crippen LogP) is 2.27. The molecule has 6 heteroatoms. The van der Waals surface area contributed by atoms with Gasteiger partial charge in [0, 0.05) is 40.9 Å². The van der Waals surface area contributed by atoms with Gasteiger partial charge in [0.15, 0.2) is 0 Å². The quantitative estimate of drug-likeness (QED) is 0.929. The number of nitrogens with zero attached hydrogens (tertiary/aromatic N) is 2. The van der Waals surface area contributed by atoms with Crippen LogP contribution < -0.4 is 5.73 Å². The molecule has 1 fully saturated rings. The molecule has 17 heavy (non-hydrogen) atoms. The Kier molecular flexibility index (Phi) is 3.75. The molecule has 1 saturated heterocycles. The van der Waals surface area contributed by atoms with Crippen LogP contribution >= 0.6 is 27.3 Å². The van der Waals surface area contributed by atoms with Gasteiger partial charge >= 0.3 is 6.03 Å². The number of rotatable bonds is 3. The van der Waals surface area contributed by atoms with Crippen LogP contribution in [0.4, 0.5) is 4.79 Å². The summed E-state index contributed by atoms with van der Waals surface area (Å²) in [6.45, 7) is 3.21. The number of nitrogens with two attached hydrogens (primary N) is 1. The Labute approximate surface area is 114 Å². The van der Waals surface area contributed by atoms with Crippen LogP contribution in [0.15, 0.2) is 15.9 Å². The monoisotopic (exact) mass is 317 g/mol. The summed E-state index contributed by atoms with van der Waals surface area (Å²) in [5, 5.41) is 2.04. The van der Waals surface area contributed by atoms with Gasteiger partial charge in [0.1, 0.15) is 0 Å². The lowest BCUT2D eigenvalue weighted by atomic mass is 10.2. The Morgan fingerprint density at radius 2 is 2.41 bits per heavy atom. The second-order valence-corrected chi connectivity index (χ2v) is 6.17. The lowest BCUT2D eigenvalue weighted by Gasteiger charge is -2.21. The van der Waals surface area contributed by atoms with E-state index in [1.165, 1.54) is 4.88 Å². The maximum atomic E-state index is 12.1. The van der Waals surface area contributed by atoms with Crippen molar-refractivity contribution in [1.29, 1.82) is 0 Å². The summed E-state index contributed by atoms with van der Waals surface area (Å²) in [6.07, 6.45) is 0. The van der Waals surface area contributed by atoms with E-state index in [0.717, 1.165) is 11.0 Å². The molecule has 1 aromatic rings. The fourth-order valence-electron chi connectivity index (χ4n) is 2.00. The second kappa shape index (κ2) is 4.96. The standard InChI is InChI=1S/C11H16BrN3OS/c1-7(4-13)15-5-9(14(2)11(15)16)10-3-8(12)6-17-10/h3,6-7,9H,4-5,13H2,1-2H3. The molecule has 0 bridgehead atoms. The number of amides is 2. The zero-order valence-corrected chi connectivity index (χ0v) is 12.3. The maximum absolute atomic E-state index is 12.1. The lowest BCUT2D eigenvalue weighted by molar-refractivity contribution is 0.185. The molecule has 1 aliphatic rings. The molecule has 4 nitrogen and oxygen atoms in total. The Bertz CT molecular complexity index is 423. The van der Waals surface area contributed by atoms with Gasteiger partial charge in [-0.1, -0.05) is 0 Å². The van der Waals surface area contributed by atoms with E-state index in [4.69, 9.17) is 5.73 Å². The third kappa shape index (κ3) is 2.34. The fourth-order valence-corrected chi connectivity index (χ4v) is 3.58. The highest BCUT2D eigenvalue weighted by molar-refractivity contribution is 9.10. The van der Waals surface area contributed by atoms with Gasteiger partial charge in [-0.3, -0.25) is 0 Å². The zero-order valence-electron chi connectivity index (χ0n) is 9.89. The summed E-state index contributed by atoms with van der Waals surface area (Å²) < 4.78 is 1.07. The normalized spacial score (nSPS) is 22.4. The summed E-state index contributed by atoms with van der Waals surface area (Å²) in [5.41, 5.74) is 5.63. The molecule has 0 saturated carbocycles. The first kappa shape index (κ1) is 12.9. The molecule has 2 rings (SSSR count). The van der Waals surface area contributed by atoms with Crippen LogP contribution in [0.3, 0.4) is 0 Å². The number of thiophene rings is 1. The number of halogens is 1. The third-order valence-electron chi connectivity index (χ3n) is 3.17. The molecule has 0 aliphatic carbocycles. The minimum absolute atomic E-state index is 0.0671. The highest BCUT2D eigenvalue weighted by Gasteiger charge is 2.38. The van der Waals surface area contributed by atoms with Crippen LogP contribution in [-0.4, -0.2) is 42.0 Å². The van der Waals surface area contributed by atoms with Gasteiger partial charge in [-0.2, -0.15) is 0 Å². The van der Waals surface area contributed by atoms with Crippen molar-refractivity contribution in [3.8, 4) is 0 Å². The fraction of sp³-hybridized carbons (Fsp3) is 0.545. The van der Waals surface area contributed by atoms with E-state index < -0.39 is 0 Å². The van der Waals surface area contributed by atoms with E-state index >= 15 is 0 Å². The highest BCUT2D eigenvalue weighted by atomic mass is 79.9. The van der Waals surface area contributed by atoms with Crippen LogP contribution in [0.25, 0.3) is 0 Å². The smallest absolute Gasteiger partial charge is 0.320 e. The number of hydrogen-bond donors (Lipinski definition) is 1. The van der Waals surface area contributed by atoms with E-state index in [1.54, 1.807) is 16.2 Å². The van der Waals surface area contributed by atoms with Gasteiger partial charge in [0.2, 0.25) is 0 Å². The van der Waals surface area contributed by atoms with Crippen molar-refractivity contribution >= 4 is 33.3 Å². The van der Waals surface area contributed by atoms with Gasteiger partial charge < -0.3 is 15.5 Å². The van der Waals surface area contributed by atoms with Gasteiger partial charge in [-0.15, -0.1) is 11.3 Å². The zero-order chi connectivity index (χ0) is 12.6. The van der Waals surface area contributed by atoms with Crippen molar-refractivity contribution < 1.29 is 4.79 Å². The Balaban J connectivity index is 2.19. The van der Waals surface area contributed by atoms with E-state index in [9.17, 15) is 4.79 Å². The highest BCUT2D eigenvalue weighted by Crippen LogP contribution is 2.34. The third-order valence-corrected chi connectivity index (χ3v) is 4.97. The average molecular weight is 318 g/mol. The molecule has 0 radical (unpaired) electrons. The van der Waals surface area contributed by atoms with Crippen LogP contribution in [-0.2, 0) is 0 Å². The minimum Gasteiger partial charge on any atom is -0.328 e. The Morgan fingerprint density at radius 3 is 2.94 bits per heavy atom. The van der Waals surface area contributed by atoms with Crippen LogP contribution in [0, 0.1) is 0 Å². The lowest BCUT2D eigenvalue weighted by Crippen LogP contribution is -2.40. The van der Waals surface area contributed by atoms with Crippen LogP contribution in [0.5, 0.6) is 0 Å². The van der Waals surface area contributed by atoms with Gasteiger partial charge in [-0.25, -0.2) is 4.79 Å². The number of urea groups is 1. The molecule has 2 heterocycles. The van der Waals surface area contributed by atoms with Crippen molar-refractivity contribution in [2.45, 2.75) is 19.0 Å². The number of carbonyl (C=O) groups excluding carboxylic acids is 1. The first-order valence-electron chi connectivity index (χ1n) is 5.52. The van der Waals surface area contributed by atoms with E-state index in [-0.39, 0.29) is 18.1 Å². The largest absolute Gasteiger partial charge is 0.328 e. The van der Waals surface area contributed by atoms with Crippen molar-refractivity contribution in [2.75, 3.05) is 20.1 Å². The molecular formula is C11H16BrN3OS. The van der Waals surface area contributed by atoms with Crippen molar-refractivity contribution in [3.63, 3.8) is 0 Å². The molecule has 1 aliphatic heterocycles. The van der Waals surface area contributed by atoms with Crippen molar-refractivity contribution in [2.24, 2.45) is 5.73 Å².